The minimum Gasteiger partial charge on any atom is -0.393 e. The molecule has 2 nitrogen and oxygen atoms in total. The van der Waals surface area contributed by atoms with Crippen molar-refractivity contribution in [3.63, 3.8) is 0 Å². The molecular weight excluding hydrogens is 138 g/mol. The van der Waals surface area contributed by atoms with Gasteiger partial charge in [-0.3, -0.25) is 0 Å². The average molecular weight is 157 g/mol. The van der Waals surface area contributed by atoms with Crippen LogP contribution in [-0.2, 0) is 0 Å². The summed E-state index contributed by atoms with van der Waals surface area (Å²) in [6.07, 6.45) is 6.81. The summed E-state index contributed by atoms with van der Waals surface area (Å²) in [5.41, 5.74) is 5.57. The summed E-state index contributed by atoms with van der Waals surface area (Å²) >= 11 is 0. The lowest BCUT2D eigenvalue weighted by Gasteiger charge is -2.21. The third-order valence-corrected chi connectivity index (χ3v) is 2.59. The van der Waals surface area contributed by atoms with Gasteiger partial charge < -0.3 is 10.8 Å². The zero-order valence-electron chi connectivity index (χ0n) is 7.13. The van der Waals surface area contributed by atoms with Crippen molar-refractivity contribution >= 4 is 0 Å². The highest BCUT2D eigenvalue weighted by molar-refractivity contribution is 4.69. The monoisotopic (exact) mass is 157 g/mol. The molecule has 1 rings (SSSR count). The Balaban J connectivity index is 2.29. The Labute approximate surface area is 68.8 Å². The summed E-state index contributed by atoms with van der Waals surface area (Å²) in [5.74, 6) is 0.574. The Kier molecular flexibility index (Phi) is 3.87. The molecule has 0 radical (unpaired) electrons. The molecule has 66 valence electrons. The predicted octanol–water partition coefficient (Wildman–Crippen LogP) is 1.28. The summed E-state index contributed by atoms with van der Waals surface area (Å²) in [5, 5.41) is 9.46. The second kappa shape index (κ2) is 4.73. The molecule has 0 aromatic rings. The number of hydrogen-bond donors (Lipinski definition) is 2. The van der Waals surface area contributed by atoms with Gasteiger partial charge in [0.2, 0.25) is 0 Å². The highest BCUT2D eigenvalue weighted by Crippen LogP contribution is 2.21. The maximum Gasteiger partial charge on any atom is 0.0543 e. The molecule has 0 heterocycles. The van der Waals surface area contributed by atoms with E-state index in [0.29, 0.717) is 5.92 Å². The van der Waals surface area contributed by atoms with Crippen molar-refractivity contribution in [3.8, 4) is 0 Å². The molecule has 0 saturated heterocycles. The zero-order valence-corrected chi connectivity index (χ0v) is 7.13. The Bertz CT molecular complexity index is 106. The molecule has 1 saturated carbocycles. The van der Waals surface area contributed by atoms with Gasteiger partial charge in [0.05, 0.1) is 6.10 Å². The topological polar surface area (TPSA) is 46.2 Å². The third kappa shape index (κ3) is 3.21. The van der Waals surface area contributed by atoms with Crippen LogP contribution in [0.1, 0.15) is 38.5 Å². The first-order valence-corrected chi connectivity index (χ1v) is 4.71. The normalized spacial score (nSPS) is 34.4. The molecule has 0 aliphatic heterocycles. The van der Waals surface area contributed by atoms with E-state index in [9.17, 15) is 5.11 Å². The first-order valence-electron chi connectivity index (χ1n) is 4.71. The van der Waals surface area contributed by atoms with Crippen LogP contribution >= 0.6 is 0 Å². The first-order chi connectivity index (χ1) is 5.33. The molecule has 11 heavy (non-hydrogen) atoms. The van der Waals surface area contributed by atoms with Gasteiger partial charge in [0.1, 0.15) is 0 Å². The SMILES string of the molecule is NCC1CCCCCC(O)C1. The maximum atomic E-state index is 9.46. The number of hydrogen-bond acceptors (Lipinski definition) is 2. The van der Waals surface area contributed by atoms with E-state index in [1.807, 2.05) is 0 Å². The van der Waals surface area contributed by atoms with Crippen molar-refractivity contribution in [2.45, 2.75) is 44.6 Å². The Hall–Kier alpha value is -0.0800. The summed E-state index contributed by atoms with van der Waals surface area (Å²) in [7, 11) is 0. The molecule has 0 aromatic heterocycles. The van der Waals surface area contributed by atoms with Crippen LogP contribution in [0.25, 0.3) is 0 Å². The van der Waals surface area contributed by atoms with Gasteiger partial charge in [-0.2, -0.15) is 0 Å². The van der Waals surface area contributed by atoms with Crippen molar-refractivity contribution in [2.75, 3.05) is 6.54 Å². The smallest absolute Gasteiger partial charge is 0.0543 e. The van der Waals surface area contributed by atoms with Crippen LogP contribution in [0.2, 0.25) is 0 Å². The van der Waals surface area contributed by atoms with E-state index in [4.69, 9.17) is 5.73 Å². The van der Waals surface area contributed by atoms with Crippen LogP contribution in [0.5, 0.6) is 0 Å². The van der Waals surface area contributed by atoms with Crippen molar-refractivity contribution in [3.05, 3.63) is 0 Å². The minimum atomic E-state index is -0.0798. The van der Waals surface area contributed by atoms with Crippen molar-refractivity contribution < 1.29 is 5.11 Å². The molecule has 2 unspecified atom stereocenters. The Morgan fingerprint density at radius 2 is 1.91 bits per heavy atom. The van der Waals surface area contributed by atoms with Crippen molar-refractivity contribution in [1.29, 1.82) is 0 Å². The Morgan fingerprint density at radius 3 is 2.64 bits per heavy atom. The molecule has 1 aliphatic rings. The van der Waals surface area contributed by atoms with Crippen molar-refractivity contribution in [2.24, 2.45) is 11.7 Å². The van der Waals surface area contributed by atoms with Gasteiger partial charge >= 0.3 is 0 Å². The summed E-state index contributed by atoms with van der Waals surface area (Å²) in [6, 6.07) is 0. The molecule has 1 fully saturated rings. The van der Waals surface area contributed by atoms with Gasteiger partial charge in [0.15, 0.2) is 0 Å². The molecular formula is C9H19NO. The molecule has 3 N–H and O–H groups in total. The molecule has 0 amide bonds. The van der Waals surface area contributed by atoms with Crippen LogP contribution < -0.4 is 5.73 Å². The summed E-state index contributed by atoms with van der Waals surface area (Å²) in [4.78, 5) is 0. The van der Waals surface area contributed by atoms with Crippen molar-refractivity contribution in [1.82, 2.24) is 0 Å². The number of aliphatic hydroxyl groups excluding tert-OH is 1. The summed E-state index contributed by atoms with van der Waals surface area (Å²) < 4.78 is 0. The van der Waals surface area contributed by atoms with Gasteiger partial charge in [-0.1, -0.05) is 19.3 Å². The molecule has 2 atom stereocenters. The highest BCUT2D eigenvalue weighted by Gasteiger charge is 2.15. The van der Waals surface area contributed by atoms with E-state index in [-0.39, 0.29) is 6.10 Å². The fourth-order valence-electron chi connectivity index (χ4n) is 1.82. The van der Waals surface area contributed by atoms with Crippen LogP contribution in [0.3, 0.4) is 0 Å². The van der Waals surface area contributed by atoms with E-state index in [0.717, 1.165) is 19.4 Å². The fraction of sp³-hybridized carbons (Fsp3) is 1.00. The molecule has 0 spiro atoms. The van der Waals surface area contributed by atoms with E-state index in [1.54, 1.807) is 0 Å². The molecule has 1 aliphatic carbocycles. The fourth-order valence-corrected chi connectivity index (χ4v) is 1.82. The second-order valence-corrected chi connectivity index (χ2v) is 3.63. The van der Waals surface area contributed by atoms with Gasteiger partial charge in [-0.25, -0.2) is 0 Å². The number of aliphatic hydroxyl groups is 1. The first kappa shape index (κ1) is 9.01. The summed E-state index contributed by atoms with van der Waals surface area (Å²) in [6.45, 7) is 0.747. The third-order valence-electron chi connectivity index (χ3n) is 2.59. The lowest BCUT2D eigenvalue weighted by Crippen LogP contribution is -2.22. The van der Waals surface area contributed by atoms with Gasteiger partial charge in [0, 0.05) is 0 Å². The van der Waals surface area contributed by atoms with E-state index >= 15 is 0 Å². The number of nitrogens with two attached hydrogens (primary N) is 1. The zero-order chi connectivity index (χ0) is 8.10. The number of rotatable bonds is 1. The van der Waals surface area contributed by atoms with Crippen LogP contribution in [0, 0.1) is 5.92 Å². The lowest BCUT2D eigenvalue weighted by molar-refractivity contribution is 0.120. The molecule has 0 aromatic carbocycles. The predicted molar refractivity (Wildman–Crippen MR) is 46.3 cm³/mol. The Morgan fingerprint density at radius 1 is 1.18 bits per heavy atom. The van der Waals surface area contributed by atoms with Crippen LogP contribution in [0.4, 0.5) is 0 Å². The van der Waals surface area contributed by atoms with E-state index in [2.05, 4.69) is 0 Å². The van der Waals surface area contributed by atoms with E-state index in [1.165, 1.54) is 25.7 Å². The van der Waals surface area contributed by atoms with Gasteiger partial charge in [-0.15, -0.1) is 0 Å². The largest absolute Gasteiger partial charge is 0.393 e. The second-order valence-electron chi connectivity index (χ2n) is 3.63. The van der Waals surface area contributed by atoms with Gasteiger partial charge in [0.25, 0.3) is 0 Å². The standard InChI is InChI=1S/C9H19NO/c10-7-8-4-2-1-3-5-9(11)6-8/h8-9,11H,1-7,10H2. The maximum absolute atomic E-state index is 9.46. The molecule has 0 bridgehead atoms. The quantitative estimate of drug-likeness (QED) is 0.602. The average Bonchev–Trinajstić information content (AvgIpc) is 1.96. The van der Waals surface area contributed by atoms with E-state index < -0.39 is 0 Å². The lowest BCUT2D eigenvalue weighted by atomic mass is 9.90. The molecule has 2 heteroatoms. The highest BCUT2D eigenvalue weighted by atomic mass is 16.3. The van der Waals surface area contributed by atoms with Gasteiger partial charge in [-0.05, 0) is 31.7 Å². The van der Waals surface area contributed by atoms with Crippen LogP contribution in [-0.4, -0.2) is 17.8 Å². The minimum absolute atomic E-state index is 0.0798. The van der Waals surface area contributed by atoms with Crippen LogP contribution in [0.15, 0.2) is 0 Å².